The number of hydrogen-bond acceptors (Lipinski definition) is 1. The Kier molecular flexibility index (Phi) is 6.17. The number of unbranched alkanes of at least 4 members (excludes halogenated alkanes) is 1. The normalized spacial score (nSPS) is 11.2. The second-order valence-electron chi connectivity index (χ2n) is 7.73. The molecule has 1 nitrogen and oxygen atoms in total. The van der Waals surface area contributed by atoms with Crippen LogP contribution in [0.3, 0.4) is 0 Å². The summed E-state index contributed by atoms with van der Waals surface area (Å²) in [5, 5.41) is 0.843. The fourth-order valence-corrected chi connectivity index (χ4v) is 3.89. The van der Waals surface area contributed by atoms with Crippen LogP contribution >= 0.6 is 0 Å². The van der Waals surface area contributed by atoms with E-state index < -0.39 is 34.6 Å². The van der Waals surface area contributed by atoms with Gasteiger partial charge in [-0.05, 0) is 47.1 Å². The van der Waals surface area contributed by atoms with E-state index in [1.54, 1.807) is 18.2 Å². The first-order valence-electron chi connectivity index (χ1n) is 10.5. The van der Waals surface area contributed by atoms with Crippen LogP contribution in [-0.4, -0.2) is 7.11 Å². The maximum Gasteiger partial charge on any atom is 0.204 e. The van der Waals surface area contributed by atoms with Gasteiger partial charge in [0.1, 0.15) is 5.82 Å². The van der Waals surface area contributed by atoms with E-state index in [0.717, 1.165) is 43.6 Å². The van der Waals surface area contributed by atoms with E-state index >= 15 is 4.39 Å². The highest BCUT2D eigenvalue weighted by Gasteiger charge is 2.23. The molecular weight excluding hydrogens is 416 g/mol. The lowest BCUT2D eigenvalue weighted by Crippen LogP contribution is -2.00. The number of aryl methyl sites for hydroxylation is 1. The van der Waals surface area contributed by atoms with Gasteiger partial charge in [0.05, 0.1) is 7.11 Å². The minimum Gasteiger partial charge on any atom is -0.491 e. The van der Waals surface area contributed by atoms with Crippen LogP contribution in [0, 0.1) is 23.3 Å². The van der Waals surface area contributed by atoms with Crippen molar-refractivity contribution in [1.29, 1.82) is 0 Å². The molecule has 0 N–H and O–H groups in total. The van der Waals surface area contributed by atoms with Gasteiger partial charge >= 0.3 is 0 Å². The zero-order valence-electron chi connectivity index (χ0n) is 17.8. The highest BCUT2D eigenvalue weighted by molar-refractivity contribution is 5.91. The maximum atomic E-state index is 15.2. The first-order valence-corrected chi connectivity index (χ1v) is 10.5. The number of methoxy groups -OCH3 is 1. The standard InChI is InChI=1S/C27H22F4O/c1-3-4-5-16-6-8-17(9-7-16)18-10-12-20-19(14-18)11-13-21(24(20)29)22-15-23(28)27(32-2)26(31)25(22)30/h6-15H,3-5H2,1-2H3. The van der Waals surface area contributed by atoms with Gasteiger partial charge in [0.25, 0.3) is 0 Å². The Hall–Kier alpha value is -3.34. The number of fused-ring (bicyclic) bond motifs is 1. The van der Waals surface area contributed by atoms with Crippen molar-refractivity contribution in [2.45, 2.75) is 26.2 Å². The van der Waals surface area contributed by atoms with Gasteiger partial charge in [0.2, 0.25) is 5.82 Å². The van der Waals surface area contributed by atoms with Gasteiger partial charge < -0.3 is 4.74 Å². The topological polar surface area (TPSA) is 9.23 Å². The molecule has 0 bridgehead atoms. The predicted molar refractivity (Wildman–Crippen MR) is 120 cm³/mol. The first-order chi connectivity index (χ1) is 15.4. The molecule has 4 rings (SSSR count). The summed E-state index contributed by atoms with van der Waals surface area (Å²) in [6.45, 7) is 2.16. The van der Waals surface area contributed by atoms with Crippen molar-refractivity contribution in [3.63, 3.8) is 0 Å². The first kappa shape index (κ1) is 21.9. The zero-order valence-corrected chi connectivity index (χ0v) is 17.8. The molecule has 0 spiro atoms. The Bertz CT molecular complexity index is 1280. The van der Waals surface area contributed by atoms with Crippen LogP contribution in [0.25, 0.3) is 33.0 Å². The molecule has 0 atom stereocenters. The molecule has 0 amide bonds. The molecule has 0 radical (unpaired) electrons. The molecule has 0 saturated carbocycles. The third-order valence-corrected chi connectivity index (χ3v) is 5.67. The summed E-state index contributed by atoms with van der Waals surface area (Å²) < 4.78 is 62.5. The van der Waals surface area contributed by atoms with Crippen molar-refractivity contribution in [1.82, 2.24) is 0 Å². The summed E-state index contributed by atoms with van der Waals surface area (Å²) in [6.07, 6.45) is 3.31. The van der Waals surface area contributed by atoms with Crippen molar-refractivity contribution in [2.24, 2.45) is 0 Å². The average molecular weight is 438 g/mol. The maximum absolute atomic E-state index is 15.2. The van der Waals surface area contributed by atoms with Gasteiger partial charge in [0, 0.05) is 16.5 Å². The minimum atomic E-state index is -1.49. The quantitative estimate of drug-likeness (QED) is 0.218. The highest BCUT2D eigenvalue weighted by Crippen LogP contribution is 2.36. The lowest BCUT2D eigenvalue weighted by Gasteiger charge is -2.12. The fraction of sp³-hybridized carbons (Fsp3) is 0.185. The van der Waals surface area contributed by atoms with E-state index in [9.17, 15) is 13.2 Å². The van der Waals surface area contributed by atoms with E-state index in [1.165, 1.54) is 11.6 Å². The third kappa shape index (κ3) is 3.95. The van der Waals surface area contributed by atoms with Crippen LogP contribution in [0.15, 0.2) is 60.7 Å². The van der Waals surface area contributed by atoms with E-state index in [1.807, 2.05) is 18.2 Å². The number of rotatable bonds is 6. The molecule has 0 aliphatic carbocycles. The molecule has 0 fully saturated rings. The Morgan fingerprint density at radius 3 is 2.12 bits per heavy atom. The summed E-state index contributed by atoms with van der Waals surface area (Å²) in [4.78, 5) is 0. The van der Waals surface area contributed by atoms with E-state index in [4.69, 9.17) is 0 Å². The van der Waals surface area contributed by atoms with Crippen LogP contribution in [-0.2, 0) is 6.42 Å². The van der Waals surface area contributed by atoms with E-state index in [0.29, 0.717) is 5.39 Å². The molecular formula is C27H22F4O. The molecule has 164 valence electrons. The average Bonchev–Trinajstić information content (AvgIpc) is 2.81. The molecule has 5 heteroatoms. The van der Waals surface area contributed by atoms with Crippen molar-refractivity contribution >= 4 is 10.8 Å². The Balaban J connectivity index is 1.74. The largest absolute Gasteiger partial charge is 0.491 e. The molecule has 0 aliphatic heterocycles. The lowest BCUT2D eigenvalue weighted by molar-refractivity contribution is 0.347. The fourth-order valence-electron chi connectivity index (χ4n) is 3.89. The Morgan fingerprint density at radius 1 is 0.719 bits per heavy atom. The van der Waals surface area contributed by atoms with Crippen LogP contribution < -0.4 is 4.74 Å². The van der Waals surface area contributed by atoms with Crippen LogP contribution in [0.2, 0.25) is 0 Å². The molecule has 0 aliphatic rings. The second kappa shape index (κ2) is 9.03. The minimum absolute atomic E-state index is 0.219. The monoisotopic (exact) mass is 438 g/mol. The van der Waals surface area contributed by atoms with Gasteiger partial charge in [-0.1, -0.05) is 61.9 Å². The third-order valence-electron chi connectivity index (χ3n) is 5.67. The highest BCUT2D eigenvalue weighted by atomic mass is 19.2. The molecule has 32 heavy (non-hydrogen) atoms. The number of benzene rings is 4. The van der Waals surface area contributed by atoms with Crippen molar-refractivity contribution in [3.8, 4) is 28.0 Å². The molecule has 0 saturated heterocycles. The number of hydrogen-bond donors (Lipinski definition) is 0. The SMILES string of the molecule is CCCCc1ccc(-c2ccc3c(F)c(-c4cc(F)c(OC)c(F)c4F)ccc3c2)cc1. The van der Waals surface area contributed by atoms with Gasteiger partial charge in [-0.15, -0.1) is 0 Å². The van der Waals surface area contributed by atoms with Crippen LogP contribution in [0.5, 0.6) is 5.75 Å². The van der Waals surface area contributed by atoms with Crippen LogP contribution in [0.4, 0.5) is 17.6 Å². The molecule has 4 aromatic rings. The van der Waals surface area contributed by atoms with Gasteiger partial charge in [0.15, 0.2) is 17.4 Å². The zero-order chi connectivity index (χ0) is 22.8. The van der Waals surface area contributed by atoms with Crippen molar-refractivity contribution < 1.29 is 22.3 Å². The van der Waals surface area contributed by atoms with Gasteiger partial charge in [-0.25, -0.2) is 13.2 Å². The molecule has 0 aromatic heterocycles. The van der Waals surface area contributed by atoms with Crippen molar-refractivity contribution in [3.05, 3.63) is 89.5 Å². The summed E-state index contributed by atoms with van der Waals surface area (Å²) in [7, 11) is 1.04. The van der Waals surface area contributed by atoms with Crippen LogP contribution in [0.1, 0.15) is 25.3 Å². The Labute approximate surface area is 184 Å². The molecule has 0 heterocycles. The van der Waals surface area contributed by atoms with E-state index in [-0.39, 0.29) is 10.9 Å². The molecule has 4 aromatic carbocycles. The summed E-state index contributed by atoms with van der Waals surface area (Å²) in [5.41, 5.74) is 2.48. The lowest BCUT2D eigenvalue weighted by atomic mass is 9.96. The smallest absolute Gasteiger partial charge is 0.204 e. The van der Waals surface area contributed by atoms with Crippen molar-refractivity contribution in [2.75, 3.05) is 7.11 Å². The Morgan fingerprint density at radius 2 is 1.44 bits per heavy atom. The summed E-state index contributed by atoms with van der Waals surface area (Å²) in [5.74, 6) is -5.52. The van der Waals surface area contributed by atoms with E-state index in [2.05, 4.69) is 23.8 Å². The predicted octanol–water partition coefficient (Wildman–Crippen LogP) is 8.08. The number of ether oxygens (including phenoxy) is 1. The second-order valence-corrected chi connectivity index (χ2v) is 7.73. The summed E-state index contributed by atoms with van der Waals surface area (Å²) >= 11 is 0. The van der Waals surface area contributed by atoms with Gasteiger partial charge in [-0.2, -0.15) is 4.39 Å². The number of halogens is 4. The molecule has 0 unspecified atom stereocenters. The van der Waals surface area contributed by atoms with Gasteiger partial charge in [-0.3, -0.25) is 0 Å². The summed E-state index contributed by atoms with van der Waals surface area (Å²) in [6, 6.07) is 17.2.